The topological polar surface area (TPSA) is 89.0 Å². The Labute approximate surface area is 178 Å². The van der Waals surface area contributed by atoms with Crippen molar-refractivity contribution in [1.29, 1.82) is 0 Å². The molecule has 7 nitrogen and oxygen atoms in total. The summed E-state index contributed by atoms with van der Waals surface area (Å²) in [6.07, 6.45) is 1.60. The molecule has 0 fully saturated rings. The molecular weight excluding hydrogens is 438 g/mol. The van der Waals surface area contributed by atoms with Crippen LogP contribution in [0.1, 0.15) is 30.9 Å². The second kappa shape index (κ2) is 11.2. The third-order valence-electron chi connectivity index (χ3n) is 3.94. The first kappa shape index (κ1) is 22.4. The monoisotopic (exact) mass is 461 g/mol. The zero-order valence-corrected chi connectivity index (χ0v) is 18.2. The molecule has 2 rings (SSSR count). The van der Waals surface area contributed by atoms with Gasteiger partial charge in [0.2, 0.25) is 11.8 Å². The van der Waals surface area contributed by atoms with Crippen molar-refractivity contribution in [2.24, 2.45) is 5.10 Å². The van der Waals surface area contributed by atoms with Gasteiger partial charge in [0.15, 0.2) is 11.5 Å². The van der Waals surface area contributed by atoms with E-state index in [4.69, 9.17) is 9.47 Å². The number of rotatable bonds is 9. The molecule has 0 saturated carbocycles. The molecule has 0 bridgehead atoms. The van der Waals surface area contributed by atoms with E-state index in [-0.39, 0.29) is 24.7 Å². The largest absolute Gasteiger partial charge is 0.493 e. The van der Waals surface area contributed by atoms with Gasteiger partial charge < -0.3 is 14.8 Å². The van der Waals surface area contributed by atoms with E-state index in [1.54, 1.807) is 19.2 Å². The summed E-state index contributed by atoms with van der Waals surface area (Å²) in [5.41, 5.74) is 4.85. The van der Waals surface area contributed by atoms with Crippen LogP contribution < -0.4 is 20.2 Å². The molecule has 8 heteroatoms. The molecule has 0 atom stereocenters. The number of benzene rings is 2. The summed E-state index contributed by atoms with van der Waals surface area (Å²) in [4.78, 5) is 23.9. The minimum absolute atomic E-state index is 0.0331. The molecule has 154 valence electrons. The molecule has 0 aliphatic heterocycles. The SMILES string of the molecule is CCOc1c(Br)cc(C=NNC(=O)CCC(=O)Nc2ccccc2C)cc1OC. The highest BCUT2D eigenvalue weighted by Gasteiger charge is 2.11. The Hall–Kier alpha value is -2.87. The van der Waals surface area contributed by atoms with Gasteiger partial charge in [-0.05, 0) is 59.1 Å². The number of hydrogen-bond donors (Lipinski definition) is 2. The van der Waals surface area contributed by atoms with Gasteiger partial charge in [-0.15, -0.1) is 0 Å². The number of hydrogen-bond acceptors (Lipinski definition) is 5. The Morgan fingerprint density at radius 2 is 1.90 bits per heavy atom. The van der Waals surface area contributed by atoms with Crippen molar-refractivity contribution < 1.29 is 19.1 Å². The zero-order chi connectivity index (χ0) is 21.2. The molecule has 0 aliphatic carbocycles. The van der Waals surface area contributed by atoms with Crippen LogP contribution in [0.15, 0.2) is 46.0 Å². The lowest BCUT2D eigenvalue weighted by Gasteiger charge is -2.11. The summed E-state index contributed by atoms with van der Waals surface area (Å²) >= 11 is 3.44. The third kappa shape index (κ3) is 6.90. The molecule has 0 aliphatic rings. The number of nitrogens with one attached hydrogen (secondary N) is 2. The van der Waals surface area contributed by atoms with Gasteiger partial charge in [0.25, 0.3) is 0 Å². The number of anilines is 1. The van der Waals surface area contributed by atoms with Crippen molar-refractivity contribution in [3.8, 4) is 11.5 Å². The van der Waals surface area contributed by atoms with Crippen molar-refractivity contribution >= 4 is 39.6 Å². The summed E-state index contributed by atoms with van der Waals surface area (Å²) in [6.45, 7) is 4.30. The number of para-hydroxylation sites is 1. The molecule has 0 saturated heterocycles. The van der Waals surface area contributed by atoms with Gasteiger partial charge in [-0.2, -0.15) is 5.10 Å². The molecule has 29 heavy (non-hydrogen) atoms. The van der Waals surface area contributed by atoms with Gasteiger partial charge in [0, 0.05) is 18.5 Å². The van der Waals surface area contributed by atoms with Gasteiger partial charge in [0.05, 0.1) is 24.4 Å². The van der Waals surface area contributed by atoms with Gasteiger partial charge in [0.1, 0.15) is 0 Å². The van der Waals surface area contributed by atoms with E-state index in [1.807, 2.05) is 38.1 Å². The fourth-order valence-corrected chi connectivity index (χ4v) is 3.06. The first-order valence-corrected chi connectivity index (χ1v) is 9.91. The maximum Gasteiger partial charge on any atom is 0.240 e. The lowest BCUT2D eigenvalue weighted by Crippen LogP contribution is -2.20. The number of nitrogens with zero attached hydrogens (tertiary/aromatic N) is 1. The van der Waals surface area contributed by atoms with Gasteiger partial charge in [-0.1, -0.05) is 18.2 Å². The second-order valence-corrected chi connectivity index (χ2v) is 6.98. The fraction of sp³-hybridized carbons (Fsp3) is 0.286. The Balaban J connectivity index is 1.85. The van der Waals surface area contributed by atoms with Crippen molar-refractivity contribution in [3.05, 3.63) is 52.0 Å². The Morgan fingerprint density at radius 3 is 2.59 bits per heavy atom. The van der Waals surface area contributed by atoms with Crippen LogP contribution in [0.4, 0.5) is 5.69 Å². The number of ether oxygens (including phenoxy) is 2. The fourth-order valence-electron chi connectivity index (χ4n) is 2.49. The molecule has 0 radical (unpaired) electrons. The molecule has 0 spiro atoms. The van der Waals surface area contributed by atoms with Crippen molar-refractivity contribution in [2.45, 2.75) is 26.7 Å². The van der Waals surface area contributed by atoms with Crippen LogP contribution in [0, 0.1) is 6.92 Å². The smallest absolute Gasteiger partial charge is 0.240 e. The van der Waals surface area contributed by atoms with E-state index in [1.165, 1.54) is 6.21 Å². The van der Waals surface area contributed by atoms with Crippen LogP contribution >= 0.6 is 15.9 Å². The quantitative estimate of drug-likeness (QED) is 0.435. The average molecular weight is 462 g/mol. The predicted molar refractivity (Wildman–Crippen MR) is 117 cm³/mol. The molecule has 2 aromatic rings. The van der Waals surface area contributed by atoms with Crippen LogP contribution in [0.3, 0.4) is 0 Å². The molecule has 0 unspecified atom stereocenters. The number of amides is 2. The van der Waals surface area contributed by atoms with Crippen LogP contribution in [-0.4, -0.2) is 31.7 Å². The predicted octanol–water partition coefficient (Wildman–Crippen LogP) is 4.03. The Morgan fingerprint density at radius 1 is 1.17 bits per heavy atom. The number of carbonyl (C=O) groups is 2. The molecular formula is C21H24BrN3O4. The lowest BCUT2D eigenvalue weighted by molar-refractivity contribution is -0.124. The number of aryl methyl sites for hydroxylation is 1. The second-order valence-electron chi connectivity index (χ2n) is 6.12. The highest BCUT2D eigenvalue weighted by Crippen LogP contribution is 2.36. The maximum atomic E-state index is 12.0. The summed E-state index contributed by atoms with van der Waals surface area (Å²) < 4.78 is 11.6. The molecule has 0 aromatic heterocycles. The highest BCUT2D eigenvalue weighted by molar-refractivity contribution is 9.10. The zero-order valence-electron chi connectivity index (χ0n) is 16.6. The molecule has 2 amide bonds. The number of methoxy groups -OCH3 is 1. The summed E-state index contributed by atoms with van der Waals surface area (Å²) in [6, 6.07) is 11.0. The van der Waals surface area contributed by atoms with E-state index in [2.05, 4.69) is 31.8 Å². The van der Waals surface area contributed by atoms with Gasteiger partial charge >= 0.3 is 0 Å². The molecule has 0 heterocycles. The van der Waals surface area contributed by atoms with E-state index in [0.29, 0.717) is 18.1 Å². The normalized spacial score (nSPS) is 10.6. The minimum atomic E-state index is -0.349. The van der Waals surface area contributed by atoms with E-state index >= 15 is 0 Å². The van der Waals surface area contributed by atoms with Crippen molar-refractivity contribution in [1.82, 2.24) is 5.43 Å². The van der Waals surface area contributed by atoms with Crippen LogP contribution in [0.5, 0.6) is 11.5 Å². The van der Waals surface area contributed by atoms with Crippen molar-refractivity contribution in [3.63, 3.8) is 0 Å². The van der Waals surface area contributed by atoms with E-state index in [0.717, 1.165) is 21.3 Å². The van der Waals surface area contributed by atoms with Gasteiger partial charge in [-0.3, -0.25) is 9.59 Å². The number of carbonyl (C=O) groups excluding carboxylic acids is 2. The highest BCUT2D eigenvalue weighted by atomic mass is 79.9. The van der Waals surface area contributed by atoms with Crippen LogP contribution in [0.25, 0.3) is 0 Å². The van der Waals surface area contributed by atoms with Gasteiger partial charge in [-0.25, -0.2) is 5.43 Å². The first-order chi connectivity index (χ1) is 13.9. The summed E-state index contributed by atoms with van der Waals surface area (Å²) in [5, 5.41) is 6.73. The third-order valence-corrected chi connectivity index (χ3v) is 4.53. The molecule has 2 N–H and O–H groups in total. The van der Waals surface area contributed by atoms with Crippen molar-refractivity contribution in [2.75, 3.05) is 19.0 Å². The lowest BCUT2D eigenvalue weighted by atomic mass is 10.2. The Bertz CT molecular complexity index is 899. The van der Waals surface area contributed by atoms with E-state index in [9.17, 15) is 9.59 Å². The summed E-state index contributed by atoms with van der Waals surface area (Å²) in [5.74, 6) is 0.592. The molecule has 2 aromatic carbocycles. The standard InChI is InChI=1S/C21H24BrN3O4/c1-4-29-21-16(22)11-15(12-18(21)28-3)13-23-25-20(27)10-9-19(26)24-17-8-6-5-7-14(17)2/h5-8,11-13H,4,9-10H2,1-3H3,(H,24,26)(H,25,27). The number of halogens is 1. The minimum Gasteiger partial charge on any atom is -0.493 e. The Kier molecular flexibility index (Phi) is 8.67. The van der Waals surface area contributed by atoms with E-state index < -0.39 is 0 Å². The van der Waals surface area contributed by atoms with Crippen LogP contribution in [0.2, 0.25) is 0 Å². The van der Waals surface area contributed by atoms with Crippen LogP contribution in [-0.2, 0) is 9.59 Å². The first-order valence-electron chi connectivity index (χ1n) is 9.12. The average Bonchev–Trinajstić information content (AvgIpc) is 2.70. The number of hydrazone groups is 1. The summed E-state index contributed by atoms with van der Waals surface area (Å²) in [7, 11) is 1.55. The maximum absolute atomic E-state index is 12.0.